The minimum atomic E-state index is -4.81. The van der Waals surface area contributed by atoms with Crippen molar-refractivity contribution in [2.75, 3.05) is 20.2 Å². The van der Waals surface area contributed by atoms with E-state index >= 15 is 4.39 Å². The second kappa shape index (κ2) is 10.0. The van der Waals surface area contributed by atoms with E-state index in [2.05, 4.69) is 0 Å². The van der Waals surface area contributed by atoms with Gasteiger partial charge in [-0.05, 0) is 36.2 Å². The molecule has 0 bridgehead atoms. The van der Waals surface area contributed by atoms with Crippen LogP contribution in [0.5, 0.6) is 0 Å². The van der Waals surface area contributed by atoms with Crippen molar-refractivity contribution in [3.05, 3.63) is 81.9 Å². The number of aliphatic hydroxyl groups excluding tert-OH is 1. The summed E-state index contributed by atoms with van der Waals surface area (Å²) in [7, 11) is 1.45. The largest absolute Gasteiger partial charge is 0.431 e. The predicted molar refractivity (Wildman–Crippen MR) is 128 cm³/mol. The molecule has 0 aliphatic heterocycles. The molecule has 0 aliphatic rings. The lowest BCUT2D eigenvalue weighted by atomic mass is 9.94. The highest BCUT2D eigenvalue weighted by atomic mass is 35.5. The van der Waals surface area contributed by atoms with Gasteiger partial charge in [-0.3, -0.25) is 4.79 Å². The molecule has 0 saturated heterocycles. The number of benzene rings is 2. The lowest BCUT2D eigenvalue weighted by Gasteiger charge is -2.29. The highest BCUT2D eigenvalue weighted by molar-refractivity contribution is 6.30. The van der Waals surface area contributed by atoms with Gasteiger partial charge in [0.25, 0.3) is 5.91 Å². The summed E-state index contributed by atoms with van der Waals surface area (Å²) in [6.07, 6.45) is -4.81. The minimum absolute atomic E-state index is 0.0712. The van der Waals surface area contributed by atoms with E-state index in [-0.39, 0.29) is 47.1 Å². The van der Waals surface area contributed by atoms with Crippen molar-refractivity contribution in [2.24, 2.45) is 5.41 Å². The Hall–Kier alpha value is -2.84. The van der Waals surface area contributed by atoms with Crippen LogP contribution in [0.2, 0.25) is 5.02 Å². The first kappa shape index (κ1) is 26.8. The molecular weight excluding hydrogens is 484 g/mol. The molecular formula is C26H27ClF4N2O2. The molecule has 35 heavy (non-hydrogen) atoms. The van der Waals surface area contributed by atoms with Gasteiger partial charge >= 0.3 is 6.18 Å². The highest BCUT2D eigenvalue weighted by Gasteiger charge is 2.42. The van der Waals surface area contributed by atoms with E-state index in [9.17, 15) is 23.1 Å². The summed E-state index contributed by atoms with van der Waals surface area (Å²) in [6.45, 7) is 4.28. The predicted octanol–water partition coefficient (Wildman–Crippen LogP) is 6.41. The SMILES string of the molecule is Cc1c(-c2ccc(Cl)cc2F)c(C(=O)N(C)CC(C)(C)CO)n(Cc2ccccc2)c1C(F)(F)F. The first-order valence-corrected chi connectivity index (χ1v) is 11.3. The van der Waals surface area contributed by atoms with Gasteiger partial charge in [-0.25, -0.2) is 4.39 Å². The molecule has 2 aromatic carbocycles. The Bertz CT molecular complexity index is 1220. The van der Waals surface area contributed by atoms with Crippen molar-refractivity contribution in [3.63, 3.8) is 0 Å². The topological polar surface area (TPSA) is 45.5 Å². The van der Waals surface area contributed by atoms with Crippen LogP contribution in [0.3, 0.4) is 0 Å². The molecule has 1 amide bonds. The van der Waals surface area contributed by atoms with Crippen LogP contribution in [0.25, 0.3) is 11.1 Å². The standard InChI is InChI=1S/C26H27ClF4N2O2/c1-16-21(19-11-10-18(27)12-20(19)28)22(24(35)32(4)14-25(2,3)15-34)33(23(16)26(29,30)31)13-17-8-6-5-7-9-17/h5-12,34H,13-15H2,1-4H3. The van der Waals surface area contributed by atoms with Gasteiger partial charge in [-0.1, -0.05) is 55.8 Å². The number of rotatable bonds is 7. The summed E-state index contributed by atoms with van der Waals surface area (Å²) in [6, 6.07) is 12.1. The lowest BCUT2D eigenvalue weighted by molar-refractivity contribution is -0.143. The maximum atomic E-state index is 15.0. The Morgan fingerprint density at radius 3 is 2.29 bits per heavy atom. The average molecular weight is 511 g/mol. The first-order valence-electron chi connectivity index (χ1n) is 10.9. The zero-order valence-electron chi connectivity index (χ0n) is 19.9. The average Bonchev–Trinajstić information content (AvgIpc) is 3.05. The summed E-state index contributed by atoms with van der Waals surface area (Å²) in [5, 5.41) is 9.72. The number of aromatic nitrogens is 1. The quantitative estimate of drug-likeness (QED) is 0.373. The fraction of sp³-hybridized carbons (Fsp3) is 0.346. The van der Waals surface area contributed by atoms with E-state index in [1.54, 1.807) is 44.2 Å². The van der Waals surface area contributed by atoms with Crippen LogP contribution in [0.1, 0.15) is 41.2 Å². The fourth-order valence-corrected chi connectivity index (χ4v) is 4.38. The maximum Gasteiger partial charge on any atom is 0.431 e. The second-order valence-corrected chi connectivity index (χ2v) is 9.81. The molecule has 0 atom stereocenters. The van der Waals surface area contributed by atoms with E-state index in [0.717, 1.165) is 10.6 Å². The van der Waals surface area contributed by atoms with Crippen molar-refractivity contribution in [1.29, 1.82) is 0 Å². The number of hydrogen-bond donors (Lipinski definition) is 1. The minimum Gasteiger partial charge on any atom is -0.396 e. The first-order chi connectivity index (χ1) is 16.3. The Morgan fingerprint density at radius 2 is 1.74 bits per heavy atom. The van der Waals surface area contributed by atoms with Gasteiger partial charge in [0.2, 0.25) is 0 Å². The van der Waals surface area contributed by atoms with Crippen molar-refractivity contribution in [1.82, 2.24) is 9.47 Å². The molecule has 1 aromatic heterocycles. The lowest BCUT2D eigenvalue weighted by Crippen LogP contribution is -2.39. The summed E-state index contributed by atoms with van der Waals surface area (Å²) >= 11 is 5.88. The van der Waals surface area contributed by atoms with E-state index in [0.29, 0.717) is 5.56 Å². The molecule has 0 aliphatic carbocycles. The van der Waals surface area contributed by atoms with Crippen LogP contribution in [0, 0.1) is 18.2 Å². The van der Waals surface area contributed by atoms with E-state index in [1.807, 2.05) is 0 Å². The zero-order valence-corrected chi connectivity index (χ0v) is 20.6. The molecule has 3 rings (SSSR count). The van der Waals surface area contributed by atoms with Crippen LogP contribution < -0.4 is 0 Å². The van der Waals surface area contributed by atoms with Crippen LogP contribution in [-0.4, -0.2) is 40.7 Å². The molecule has 0 spiro atoms. The number of alkyl halides is 3. The molecule has 0 saturated carbocycles. The molecule has 3 aromatic rings. The third-order valence-electron chi connectivity index (χ3n) is 5.80. The van der Waals surface area contributed by atoms with Gasteiger partial charge in [0.05, 0.1) is 0 Å². The molecule has 0 unspecified atom stereocenters. The fourth-order valence-electron chi connectivity index (χ4n) is 4.22. The molecule has 0 fully saturated rings. The number of amides is 1. The number of nitrogens with zero attached hydrogens (tertiary/aromatic N) is 2. The van der Waals surface area contributed by atoms with Crippen molar-refractivity contribution >= 4 is 17.5 Å². The highest BCUT2D eigenvalue weighted by Crippen LogP contribution is 2.42. The smallest absolute Gasteiger partial charge is 0.396 e. The van der Waals surface area contributed by atoms with E-state index < -0.39 is 29.0 Å². The molecule has 1 N–H and O–H groups in total. The maximum absolute atomic E-state index is 15.0. The van der Waals surface area contributed by atoms with Crippen molar-refractivity contribution < 1.29 is 27.5 Å². The van der Waals surface area contributed by atoms with Gasteiger partial charge in [0, 0.05) is 48.3 Å². The zero-order chi connectivity index (χ0) is 26.1. The summed E-state index contributed by atoms with van der Waals surface area (Å²) in [4.78, 5) is 15.0. The van der Waals surface area contributed by atoms with Crippen LogP contribution in [0.15, 0.2) is 48.5 Å². The normalized spacial score (nSPS) is 12.2. The second-order valence-electron chi connectivity index (χ2n) is 9.37. The summed E-state index contributed by atoms with van der Waals surface area (Å²) in [5.41, 5.74) is -2.01. The number of halogens is 5. The number of aliphatic hydroxyl groups is 1. The number of hydrogen-bond acceptors (Lipinski definition) is 2. The Labute approximate surface area is 206 Å². The Kier molecular flexibility index (Phi) is 7.67. The van der Waals surface area contributed by atoms with Gasteiger partial charge in [-0.2, -0.15) is 13.2 Å². The Balaban J connectivity index is 2.35. The molecule has 1 heterocycles. The molecule has 0 radical (unpaired) electrons. The third-order valence-corrected chi connectivity index (χ3v) is 6.04. The molecule has 9 heteroatoms. The van der Waals surface area contributed by atoms with Crippen LogP contribution in [0.4, 0.5) is 17.6 Å². The van der Waals surface area contributed by atoms with Crippen molar-refractivity contribution in [2.45, 2.75) is 33.5 Å². The van der Waals surface area contributed by atoms with E-state index in [1.165, 1.54) is 31.0 Å². The van der Waals surface area contributed by atoms with Crippen molar-refractivity contribution in [3.8, 4) is 11.1 Å². The molecule has 188 valence electrons. The monoisotopic (exact) mass is 510 g/mol. The van der Waals surface area contributed by atoms with Gasteiger partial charge < -0.3 is 14.6 Å². The van der Waals surface area contributed by atoms with Crippen LogP contribution in [-0.2, 0) is 12.7 Å². The van der Waals surface area contributed by atoms with Gasteiger partial charge in [0.15, 0.2) is 0 Å². The van der Waals surface area contributed by atoms with Crippen LogP contribution >= 0.6 is 11.6 Å². The third kappa shape index (κ3) is 5.70. The van der Waals surface area contributed by atoms with Gasteiger partial charge in [0.1, 0.15) is 17.2 Å². The number of carbonyl (C=O) groups excluding carboxylic acids is 1. The summed E-state index contributed by atoms with van der Waals surface area (Å²) < 4.78 is 59.1. The summed E-state index contributed by atoms with van der Waals surface area (Å²) in [5.74, 6) is -1.55. The molecule has 4 nitrogen and oxygen atoms in total. The van der Waals surface area contributed by atoms with Gasteiger partial charge in [-0.15, -0.1) is 0 Å². The Morgan fingerprint density at radius 1 is 1.11 bits per heavy atom. The van der Waals surface area contributed by atoms with E-state index in [4.69, 9.17) is 11.6 Å². The number of carbonyl (C=O) groups is 1.